The van der Waals surface area contributed by atoms with Crippen molar-refractivity contribution in [3.63, 3.8) is 0 Å². The van der Waals surface area contributed by atoms with E-state index in [1.165, 1.54) is 11.1 Å². The van der Waals surface area contributed by atoms with Crippen molar-refractivity contribution in [2.45, 2.75) is 12.4 Å². The fourth-order valence-electron chi connectivity index (χ4n) is 1.17. The molecule has 72 valence electrons. The van der Waals surface area contributed by atoms with E-state index in [-0.39, 0.29) is 5.50 Å². The Kier molecular flexibility index (Phi) is 2.99. The number of hydrogen-bond acceptors (Lipinski definition) is 0. The molecule has 0 N–H and O–H groups in total. The van der Waals surface area contributed by atoms with Gasteiger partial charge in [-0.3, -0.25) is 0 Å². The van der Waals surface area contributed by atoms with E-state index in [4.69, 9.17) is 11.6 Å². The zero-order valence-corrected chi connectivity index (χ0v) is 9.47. The fraction of sp³-hybridized carbons (Fsp3) is 0.455. The number of benzene rings is 1. The third kappa shape index (κ3) is 2.71. The van der Waals surface area contributed by atoms with Gasteiger partial charge in [0.05, 0.1) is 21.1 Å². The molecular weight excluding hydrogens is 182 g/mol. The van der Waals surface area contributed by atoms with Gasteiger partial charge in [0.2, 0.25) is 0 Å². The Morgan fingerprint density at radius 1 is 1.08 bits per heavy atom. The van der Waals surface area contributed by atoms with Crippen LogP contribution in [-0.4, -0.2) is 25.6 Å². The van der Waals surface area contributed by atoms with Crippen molar-refractivity contribution in [2.24, 2.45) is 0 Å². The summed E-state index contributed by atoms with van der Waals surface area (Å²) in [4.78, 5) is 0. The van der Waals surface area contributed by atoms with Crippen molar-refractivity contribution in [3.8, 4) is 0 Å². The summed E-state index contributed by atoms with van der Waals surface area (Å²) in [7, 11) is 6.28. The topological polar surface area (TPSA) is 0 Å². The van der Waals surface area contributed by atoms with E-state index in [1.54, 1.807) is 0 Å². The molecule has 1 unspecified atom stereocenters. The summed E-state index contributed by atoms with van der Waals surface area (Å²) in [6.07, 6.45) is 0. The number of halogens is 1. The third-order valence-electron chi connectivity index (χ3n) is 2.03. The molecule has 0 radical (unpaired) electrons. The van der Waals surface area contributed by atoms with E-state index in [0.717, 1.165) is 4.48 Å². The average Bonchev–Trinajstić information content (AvgIpc) is 2.03. The first-order valence-corrected chi connectivity index (χ1v) is 4.86. The van der Waals surface area contributed by atoms with Crippen LogP contribution in [0.4, 0.5) is 0 Å². The summed E-state index contributed by atoms with van der Waals surface area (Å²) in [6, 6.07) is 8.38. The van der Waals surface area contributed by atoms with Gasteiger partial charge < -0.3 is 4.48 Å². The van der Waals surface area contributed by atoms with E-state index < -0.39 is 0 Å². The maximum Gasteiger partial charge on any atom is 0.190 e. The van der Waals surface area contributed by atoms with Crippen LogP contribution < -0.4 is 0 Å². The molecule has 1 aromatic rings. The second-order valence-electron chi connectivity index (χ2n) is 4.36. The molecule has 1 rings (SSSR count). The molecule has 0 aliphatic rings. The van der Waals surface area contributed by atoms with Crippen molar-refractivity contribution in [3.05, 3.63) is 35.4 Å². The number of aryl methyl sites for hydroxylation is 1. The molecule has 0 spiro atoms. The Morgan fingerprint density at radius 2 is 1.54 bits per heavy atom. The number of rotatable bonds is 2. The molecule has 0 aromatic heterocycles. The van der Waals surface area contributed by atoms with Gasteiger partial charge in [-0.15, -0.1) is 0 Å². The quantitative estimate of drug-likeness (QED) is 0.390. The van der Waals surface area contributed by atoms with Gasteiger partial charge in [0, 0.05) is 5.56 Å². The molecule has 0 aliphatic carbocycles. The van der Waals surface area contributed by atoms with Crippen LogP contribution in [-0.2, 0) is 0 Å². The summed E-state index contributed by atoms with van der Waals surface area (Å²) in [6.45, 7) is 2.08. The predicted octanol–water partition coefficient (Wildman–Crippen LogP) is 2.94. The largest absolute Gasteiger partial charge is 0.312 e. The smallest absolute Gasteiger partial charge is 0.190 e. The molecule has 2 heteroatoms. The molecule has 13 heavy (non-hydrogen) atoms. The van der Waals surface area contributed by atoms with Crippen LogP contribution in [0.25, 0.3) is 0 Å². The summed E-state index contributed by atoms with van der Waals surface area (Å²) in [5, 5.41) is 0. The molecule has 0 fully saturated rings. The lowest BCUT2D eigenvalue weighted by molar-refractivity contribution is -0.888. The number of alkyl halides is 1. The van der Waals surface area contributed by atoms with Crippen LogP contribution in [0.3, 0.4) is 0 Å². The van der Waals surface area contributed by atoms with Crippen molar-refractivity contribution in [1.82, 2.24) is 0 Å². The van der Waals surface area contributed by atoms with Crippen molar-refractivity contribution < 1.29 is 4.48 Å². The Labute approximate surface area is 85.5 Å². The van der Waals surface area contributed by atoms with Crippen molar-refractivity contribution in [1.29, 1.82) is 0 Å². The maximum atomic E-state index is 6.31. The third-order valence-corrected chi connectivity index (χ3v) is 2.87. The average molecular weight is 199 g/mol. The number of nitrogens with zero attached hydrogens (tertiary/aromatic N) is 1. The standard InChI is InChI=1S/C11H17ClN/c1-9-5-7-10(8-6-9)11(12)13(2,3)4/h5-8,11H,1-4H3/q+1. The van der Waals surface area contributed by atoms with Crippen LogP contribution in [0.1, 0.15) is 16.6 Å². The normalized spacial score (nSPS) is 14.2. The van der Waals surface area contributed by atoms with Gasteiger partial charge in [-0.05, 0) is 6.92 Å². The molecule has 0 bridgehead atoms. The Bertz CT molecular complexity index is 271. The van der Waals surface area contributed by atoms with E-state index in [2.05, 4.69) is 52.3 Å². The summed E-state index contributed by atoms with van der Waals surface area (Å²) >= 11 is 6.31. The van der Waals surface area contributed by atoms with Gasteiger partial charge in [0.15, 0.2) is 5.50 Å². The lowest BCUT2D eigenvalue weighted by atomic mass is 10.1. The minimum absolute atomic E-state index is 0.0283. The highest BCUT2D eigenvalue weighted by molar-refractivity contribution is 6.19. The second-order valence-corrected chi connectivity index (χ2v) is 4.78. The van der Waals surface area contributed by atoms with Gasteiger partial charge in [0.1, 0.15) is 0 Å². The van der Waals surface area contributed by atoms with Crippen LogP contribution in [0.5, 0.6) is 0 Å². The molecule has 1 atom stereocenters. The van der Waals surface area contributed by atoms with E-state index >= 15 is 0 Å². The van der Waals surface area contributed by atoms with Crippen LogP contribution in [0.2, 0.25) is 0 Å². The van der Waals surface area contributed by atoms with Gasteiger partial charge in [0.25, 0.3) is 0 Å². The van der Waals surface area contributed by atoms with E-state index in [1.807, 2.05) is 0 Å². The van der Waals surface area contributed by atoms with Gasteiger partial charge in [-0.25, -0.2) is 0 Å². The van der Waals surface area contributed by atoms with Crippen molar-refractivity contribution >= 4 is 11.6 Å². The molecule has 0 aliphatic heterocycles. The lowest BCUT2D eigenvalue weighted by Crippen LogP contribution is -2.35. The number of hydrogen-bond donors (Lipinski definition) is 0. The molecular formula is C11H17ClN+. The zero-order chi connectivity index (χ0) is 10.1. The zero-order valence-electron chi connectivity index (χ0n) is 8.71. The first-order chi connectivity index (χ1) is 5.91. The number of quaternary nitrogens is 1. The summed E-state index contributed by atoms with van der Waals surface area (Å²) in [5.74, 6) is 0. The molecule has 0 saturated carbocycles. The minimum Gasteiger partial charge on any atom is -0.312 e. The monoisotopic (exact) mass is 198 g/mol. The van der Waals surface area contributed by atoms with E-state index in [0.29, 0.717) is 0 Å². The van der Waals surface area contributed by atoms with Gasteiger partial charge >= 0.3 is 0 Å². The van der Waals surface area contributed by atoms with Crippen LogP contribution in [0, 0.1) is 6.92 Å². The first kappa shape index (κ1) is 10.6. The van der Waals surface area contributed by atoms with Crippen LogP contribution >= 0.6 is 11.6 Å². The first-order valence-electron chi connectivity index (χ1n) is 4.43. The molecule has 0 heterocycles. The van der Waals surface area contributed by atoms with Crippen molar-refractivity contribution in [2.75, 3.05) is 21.1 Å². The fourth-order valence-corrected chi connectivity index (χ4v) is 1.32. The van der Waals surface area contributed by atoms with Crippen LogP contribution in [0.15, 0.2) is 24.3 Å². The Hall–Kier alpha value is -0.530. The maximum absolute atomic E-state index is 6.31. The van der Waals surface area contributed by atoms with Gasteiger partial charge in [-0.1, -0.05) is 41.4 Å². The SMILES string of the molecule is Cc1ccc(C(Cl)[N+](C)(C)C)cc1. The highest BCUT2D eigenvalue weighted by atomic mass is 35.5. The highest BCUT2D eigenvalue weighted by Crippen LogP contribution is 2.27. The lowest BCUT2D eigenvalue weighted by Gasteiger charge is -2.29. The Morgan fingerprint density at radius 3 is 1.92 bits per heavy atom. The second kappa shape index (κ2) is 3.69. The van der Waals surface area contributed by atoms with Gasteiger partial charge in [-0.2, -0.15) is 0 Å². The molecule has 1 nitrogen and oxygen atoms in total. The molecule has 1 aromatic carbocycles. The minimum atomic E-state index is 0.0283. The highest BCUT2D eigenvalue weighted by Gasteiger charge is 2.22. The summed E-state index contributed by atoms with van der Waals surface area (Å²) < 4.78 is 0.741. The Balaban J connectivity index is 2.90. The van der Waals surface area contributed by atoms with E-state index in [9.17, 15) is 0 Å². The molecule has 0 amide bonds. The molecule has 0 saturated heterocycles. The predicted molar refractivity (Wildman–Crippen MR) is 57.8 cm³/mol. The summed E-state index contributed by atoms with van der Waals surface area (Å²) in [5.41, 5.74) is 2.48.